The van der Waals surface area contributed by atoms with Crippen LogP contribution in [0, 0.1) is 5.92 Å². The van der Waals surface area contributed by atoms with Crippen LogP contribution in [0.15, 0.2) is 23.5 Å². The molecule has 1 amide bonds. The molecule has 0 aromatic rings. The minimum absolute atomic E-state index is 0.0619. The molecule has 0 saturated carbocycles. The number of hydrogen-bond donors (Lipinski definition) is 2. The fourth-order valence-electron chi connectivity index (χ4n) is 2.35. The minimum Gasteiger partial charge on any atom is -0.444 e. The van der Waals surface area contributed by atoms with E-state index in [4.69, 9.17) is 16.3 Å². The monoisotopic (exact) mass is 284 g/mol. The van der Waals surface area contributed by atoms with Crippen molar-refractivity contribution in [3.05, 3.63) is 23.5 Å². The Morgan fingerprint density at radius 3 is 2.89 bits per heavy atom. The topological polar surface area (TPSA) is 50.4 Å². The third-order valence-corrected chi connectivity index (χ3v) is 3.45. The number of ether oxygens (including phenoxy) is 1. The van der Waals surface area contributed by atoms with Gasteiger partial charge in [0.1, 0.15) is 11.1 Å². The second-order valence-corrected chi connectivity index (χ2v) is 6.51. The number of halogens is 1. The number of alkyl carbamates (subject to hydrolysis) is 1. The highest BCUT2D eigenvalue weighted by Crippen LogP contribution is 2.32. The predicted octanol–water partition coefficient (Wildman–Crippen LogP) is 3.25. The number of rotatable bonds is 1. The van der Waals surface area contributed by atoms with E-state index in [0.29, 0.717) is 5.92 Å². The Balaban J connectivity index is 2.09. The lowest BCUT2D eigenvalue weighted by atomic mass is 9.88. The summed E-state index contributed by atoms with van der Waals surface area (Å²) in [4.78, 5) is 11.8. The average molecular weight is 285 g/mol. The van der Waals surface area contributed by atoms with Crippen LogP contribution < -0.4 is 10.6 Å². The first kappa shape index (κ1) is 14.3. The van der Waals surface area contributed by atoms with Crippen molar-refractivity contribution in [2.24, 2.45) is 5.92 Å². The summed E-state index contributed by atoms with van der Waals surface area (Å²) >= 11 is 6.13. The first-order valence-electron chi connectivity index (χ1n) is 6.66. The Labute approximate surface area is 119 Å². The Hall–Kier alpha value is -1.16. The number of fused-ring (bicyclic) bond motifs is 1. The lowest BCUT2D eigenvalue weighted by Gasteiger charge is -2.33. The van der Waals surface area contributed by atoms with E-state index in [0.717, 1.165) is 30.7 Å². The number of carbonyl (C=O) groups is 1. The minimum atomic E-state index is -0.498. The summed E-state index contributed by atoms with van der Waals surface area (Å²) in [5.41, 5.74) is 1.24. The van der Waals surface area contributed by atoms with Gasteiger partial charge in [-0.3, -0.25) is 5.32 Å². The van der Waals surface area contributed by atoms with Gasteiger partial charge in [-0.2, -0.15) is 0 Å². The van der Waals surface area contributed by atoms with Crippen LogP contribution in [0.3, 0.4) is 0 Å². The van der Waals surface area contributed by atoms with Crippen molar-refractivity contribution >= 4 is 17.7 Å². The largest absolute Gasteiger partial charge is 0.444 e. The summed E-state index contributed by atoms with van der Waals surface area (Å²) in [5.74, 6) is 0.421. The van der Waals surface area contributed by atoms with E-state index in [-0.39, 0.29) is 5.50 Å². The zero-order valence-corrected chi connectivity index (χ0v) is 12.4. The normalized spacial score (nSPS) is 26.5. The van der Waals surface area contributed by atoms with Gasteiger partial charge in [-0.1, -0.05) is 17.7 Å². The summed E-state index contributed by atoms with van der Waals surface area (Å²) in [5, 5.41) is 6.07. The first-order valence-corrected chi connectivity index (χ1v) is 7.10. The Morgan fingerprint density at radius 2 is 2.21 bits per heavy atom. The van der Waals surface area contributed by atoms with E-state index < -0.39 is 11.7 Å². The Morgan fingerprint density at radius 1 is 1.47 bits per heavy atom. The number of carbonyl (C=O) groups excluding carboxylic acids is 1. The fourth-order valence-corrected chi connectivity index (χ4v) is 2.59. The zero-order valence-electron chi connectivity index (χ0n) is 11.6. The van der Waals surface area contributed by atoms with E-state index in [9.17, 15) is 4.79 Å². The van der Waals surface area contributed by atoms with Gasteiger partial charge in [0.2, 0.25) is 0 Å². The highest BCUT2D eigenvalue weighted by atomic mass is 35.5. The summed E-state index contributed by atoms with van der Waals surface area (Å²) in [6.07, 6.45) is 6.54. The molecule has 1 aliphatic carbocycles. The second-order valence-electron chi connectivity index (χ2n) is 5.98. The van der Waals surface area contributed by atoms with Gasteiger partial charge in [0, 0.05) is 11.6 Å². The van der Waals surface area contributed by atoms with Crippen molar-refractivity contribution in [3.8, 4) is 0 Å². The molecule has 1 saturated heterocycles. The van der Waals surface area contributed by atoms with Gasteiger partial charge in [-0.05, 0) is 46.1 Å². The molecular weight excluding hydrogens is 264 g/mol. The van der Waals surface area contributed by atoms with Crippen LogP contribution >= 0.6 is 11.6 Å². The number of amides is 1. The van der Waals surface area contributed by atoms with Crippen LogP contribution in [0.4, 0.5) is 4.79 Å². The Kier molecular flexibility index (Phi) is 4.09. The molecule has 1 aliphatic heterocycles. The lowest BCUT2D eigenvalue weighted by Crippen LogP contribution is -2.39. The molecule has 2 unspecified atom stereocenters. The molecule has 2 aliphatic rings. The number of alkyl halides is 1. The Bertz CT molecular complexity index is 424. The van der Waals surface area contributed by atoms with E-state index in [1.54, 1.807) is 0 Å². The number of hydrogen-bond acceptors (Lipinski definition) is 3. The quantitative estimate of drug-likeness (QED) is 0.574. The molecule has 5 heteroatoms. The van der Waals surface area contributed by atoms with Gasteiger partial charge in [0.15, 0.2) is 0 Å². The summed E-state index contributed by atoms with van der Waals surface area (Å²) in [7, 11) is 0. The second kappa shape index (κ2) is 5.45. The molecule has 2 N–H and O–H groups in total. The molecule has 106 valence electrons. The lowest BCUT2D eigenvalue weighted by molar-refractivity contribution is 0.0546. The maximum Gasteiger partial charge on any atom is 0.412 e. The fraction of sp³-hybridized carbons (Fsp3) is 0.643. The van der Waals surface area contributed by atoms with Gasteiger partial charge in [-0.25, -0.2) is 4.79 Å². The molecule has 0 aromatic carbocycles. The molecular formula is C14H21ClN2O2. The predicted molar refractivity (Wildman–Crippen MR) is 75.7 cm³/mol. The van der Waals surface area contributed by atoms with Crippen molar-refractivity contribution in [1.82, 2.24) is 10.6 Å². The molecule has 1 heterocycles. The van der Waals surface area contributed by atoms with Crippen molar-refractivity contribution in [2.45, 2.75) is 51.1 Å². The molecule has 4 nitrogen and oxygen atoms in total. The van der Waals surface area contributed by atoms with Gasteiger partial charge < -0.3 is 10.1 Å². The maximum atomic E-state index is 11.8. The zero-order chi connectivity index (χ0) is 14.0. The molecule has 19 heavy (non-hydrogen) atoms. The molecule has 0 spiro atoms. The number of allylic oxidation sites excluding steroid dienone is 3. The SMILES string of the molecule is CC(C)(C)OC(=O)NC1=C2NC(Cl)CCC2CC=C1. The highest BCUT2D eigenvalue weighted by molar-refractivity contribution is 6.20. The van der Waals surface area contributed by atoms with Crippen LogP contribution in [0.2, 0.25) is 0 Å². The molecule has 0 bridgehead atoms. The van der Waals surface area contributed by atoms with E-state index >= 15 is 0 Å². The third-order valence-electron chi connectivity index (χ3n) is 3.12. The standard InChI is InChI=1S/C14H21ClN2O2/c1-14(2,3)19-13(18)16-10-6-4-5-9-7-8-11(15)17-12(9)10/h4,6,9,11,17H,5,7-8H2,1-3H3,(H,16,18). The summed E-state index contributed by atoms with van der Waals surface area (Å²) in [6.45, 7) is 5.53. The van der Waals surface area contributed by atoms with Crippen molar-refractivity contribution in [3.63, 3.8) is 0 Å². The van der Waals surface area contributed by atoms with Crippen LogP contribution in [-0.2, 0) is 4.74 Å². The van der Waals surface area contributed by atoms with Crippen molar-refractivity contribution in [2.75, 3.05) is 0 Å². The van der Waals surface area contributed by atoms with E-state index in [2.05, 4.69) is 16.7 Å². The summed E-state index contributed by atoms with van der Waals surface area (Å²) in [6, 6.07) is 0. The maximum absolute atomic E-state index is 11.8. The van der Waals surface area contributed by atoms with Gasteiger partial charge in [0.25, 0.3) is 0 Å². The van der Waals surface area contributed by atoms with E-state index in [1.165, 1.54) is 0 Å². The van der Waals surface area contributed by atoms with E-state index in [1.807, 2.05) is 26.8 Å². The van der Waals surface area contributed by atoms with Crippen molar-refractivity contribution in [1.29, 1.82) is 0 Å². The van der Waals surface area contributed by atoms with Crippen LogP contribution in [-0.4, -0.2) is 17.2 Å². The molecule has 0 aromatic heterocycles. The summed E-state index contributed by atoms with van der Waals surface area (Å²) < 4.78 is 5.27. The van der Waals surface area contributed by atoms with Crippen LogP contribution in [0.5, 0.6) is 0 Å². The molecule has 2 atom stereocenters. The van der Waals surface area contributed by atoms with Crippen molar-refractivity contribution < 1.29 is 9.53 Å². The number of piperidine rings is 1. The first-order chi connectivity index (χ1) is 8.85. The van der Waals surface area contributed by atoms with Gasteiger partial charge in [-0.15, -0.1) is 0 Å². The molecule has 0 radical (unpaired) electrons. The van der Waals surface area contributed by atoms with Gasteiger partial charge in [0.05, 0.1) is 5.70 Å². The smallest absolute Gasteiger partial charge is 0.412 e. The third kappa shape index (κ3) is 3.90. The van der Waals surface area contributed by atoms with Crippen LogP contribution in [0.1, 0.15) is 40.0 Å². The highest BCUT2D eigenvalue weighted by Gasteiger charge is 2.28. The number of nitrogens with one attached hydrogen (secondary N) is 2. The van der Waals surface area contributed by atoms with Crippen LogP contribution in [0.25, 0.3) is 0 Å². The van der Waals surface area contributed by atoms with Gasteiger partial charge >= 0.3 is 6.09 Å². The average Bonchev–Trinajstić information content (AvgIpc) is 2.27. The molecule has 2 rings (SSSR count). The molecule has 1 fully saturated rings.